The Morgan fingerprint density at radius 3 is 2.52 bits per heavy atom. The van der Waals surface area contributed by atoms with Gasteiger partial charge in [-0.3, -0.25) is 4.79 Å². The van der Waals surface area contributed by atoms with Crippen molar-refractivity contribution in [3.63, 3.8) is 0 Å². The molecule has 0 atom stereocenters. The second kappa shape index (κ2) is 11.5. The first-order chi connectivity index (χ1) is 15.1. The van der Waals surface area contributed by atoms with E-state index in [-0.39, 0.29) is 11.7 Å². The van der Waals surface area contributed by atoms with Gasteiger partial charge in [-0.2, -0.15) is 0 Å². The summed E-state index contributed by atoms with van der Waals surface area (Å²) in [6.45, 7) is 3.26. The molecule has 6 nitrogen and oxygen atoms in total. The van der Waals surface area contributed by atoms with E-state index in [0.29, 0.717) is 55.7 Å². The number of halogens is 1. The number of hydrogen-bond donors (Lipinski definition) is 1. The largest absolute Gasteiger partial charge is 0.490 e. The van der Waals surface area contributed by atoms with Crippen LogP contribution in [0, 0.1) is 5.82 Å². The Labute approximate surface area is 181 Å². The summed E-state index contributed by atoms with van der Waals surface area (Å²) in [5.41, 5.74) is 0.849. The molecule has 0 unspecified atom stereocenters. The number of nitrogens with zero attached hydrogens (tertiary/aromatic N) is 1. The van der Waals surface area contributed by atoms with Gasteiger partial charge >= 0.3 is 0 Å². The van der Waals surface area contributed by atoms with Crippen LogP contribution in [0.15, 0.2) is 66.9 Å². The van der Waals surface area contributed by atoms with Gasteiger partial charge in [-0.05, 0) is 61.4 Å². The quantitative estimate of drug-likeness (QED) is 0.444. The highest BCUT2D eigenvalue weighted by molar-refractivity contribution is 5.75. The molecule has 162 valence electrons. The highest BCUT2D eigenvalue weighted by Gasteiger charge is 2.06. The first kappa shape index (κ1) is 22.1. The number of carbonyl (C=O) groups excluding carboxylic acids is 1. The Bertz CT molecular complexity index is 979. The van der Waals surface area contributed by atoms with Crippen molar-refractivity contribution >= 4 is 5.91 Å². The zero-order valence-electron chi connectivity index (χ0n) is 17.3. The maximum absolute atomic E-state index is 13.0. The number of aromatic nitrogens is 1. The van der Waals surface area contributed by atoms with Crippen molar-refractivity contribution in [2.45, 2.75) is 26.3 Å². The summed E-state index contributed by atoms with van der Waals surface area (Å²) in [5, 5.41) is 2.88. The lowest BCUT2D eigenvalue weighted by Gasteiger charge is -2.11. The van der Waals surface area contributed by atoms with Crippen LogP contribution in [0.2, 0.25) is 0 Å². The van der Waals surface area contributed by atoms with Gasteiger partial charge in [0.05, 0.1) is 13.2 Å². The second-order valence-electron chi connectivity index (χ2n) is 6.67. The van der Waals surface area contributed by atoms with Crippen molar-refractivity contribution in [2.75, 3.05) is 13.2 Å². The van der Waals surface area contributed by atoms with E-state index < -0.39 is 0 Å². The molecular formula is C24H25FN2O4. The van der Waals surface area contributed by atoms with Crippen LogP contribution >= 0.6 is 0 Å². The molecule has 1 N–H and O–H groups in total. The summed E-state index contributed by atoms with van der Waals surface area (Å²) in [6, 6.07) is 16.7. The van der Waals surface area contributed by atoms with Gasteiger partial charge in [-0.1, -0.05) is 12.1 Å². The summed E-state index contributed by atoms with van der Waals surface area (Å²) in [7, 11) is 0. The molecule has 1 amide bonds. The molecule has 1 heterocycles. The number of carbonyl (C=O) groups is 1. The van der Waals surface area contributed by atoms with Crippen molar-refractivity contribution in [1.29, 1.82) is 0 Å². The van der Waals surface area contributed by atoms with E-state index >= 15 is 0 Å². The molecule has 1 aromatic heterocycles. The van der Waals surface area contributed by atoms with Gasteiger partial charge in [0, 0.05) is 25.2 Å². The van der Waals surface area contributed by atoms with Crippen molar-refractivity contribution in [3.8, 4) is 23.1 Å². The van der Waals surface area contributed by atoms with Gasteiger partial charge in [0.25, 0.3) is 0 Å². The fourth-order valence-corrected chi connectivity index (χ4v) is 2.79. The molecule has 0 aliphatic carbocycles. The van der Waals surface area contributed by atoms with Gasteiger partial charge in [-0.25, -0.2) is 9.37 Å². The Morgan fingerprint density at radius 2 is 1.77 bits per heavy atom. The third-order valence-corrected chi connectivity index (χ3v) is 4.28. The normalized spacial score (nSPS) is 10.4. The third-order valence-electron chi connectivity index (χ3n) is 4.28. The van der Waals surface area contributed by atoms with Crippen molar-refractivity contribution in [3.05, 3.63) is 78.2 Å². The van der Waals surface area contributed by atoms with E-state index in [1.54, 1.807) is 18.3 Å². The zero-order chi connectivity index (χ0) is 21.9. The standard InChI is InChI=1S/C24H25FN2O4/c1-2-29-21-6-3-4-7-22(21)30-15-5-8-23(28)27-17-18-13-14-26-24(16-18)31-20-11-9-19(25)10-12-20/h3-4,6-7,9-14,16H,2,5,8,15,17H2,1H3,(H,27,28). The third kappa shape index (κ3) is 7.29. The number of benzene rings is 2. The van der Waals surface area contributed by atoms with E-state index in [1.165, 1.54) is 24.3 Å². The molecule has 2 aromatic carbocycles. The average molecular weight is 424 g/mol. The van der Waals surface area contributed by atoms with Crippen molar-refractivity contribution in [1.82, 2.24) is 10.3 Å². The molecule has 7 heteroatoms. The van der Waals surface area contributed by atoms with E-state index in [1.807, 2.05) is 31.2 Å². The number of nitrogens with one attached hydrogen (secondary N) is 1. The maximum Gasteiger partial charge on any atom is 0.220 e. The Morgan fingerprint density at radius 1 is 1.03 bits per heavy atom. The predicted octanol–water partition coefficient (Wildman–Crippen LogP) is 4.89. The van der Waals surface area contributed by atoms with Crippen LogP contribution in [0.25, 0.3) is 0 Å². The van der Waals surface area contributed by atoms with Gasteiger partial charge in [-0.15, -0.1) is 0 Å². The van der Waals surface area contributed by atoms with Gasteiger partial charge in [0.1, 0.15) is 11.6 Å². The minimum Gasteiger partial charge on any atom is -0.490 e. The first-order valence-electron chi connectivity index (χ1n) is 10.1. The van der Waals surface area contributed by atoms with Crippen molar-refractivity contribution < 1.29 is 23.4 Å². The lowest BCUT2D eigenvalue weighted by Crippen LogP contribution is -2.23. The molecule has 0 spiro atoms. The monoisotopic (exact) mass is 424 g/mol. The molecule has 3 aromatic rings. The van der Waals surface area contributed by atoms with Crippen LogP contribution in [0.1, 0.15) is 25.3 Å². The molecule has 31 heavy (non-hydrogen) atoms. The number of pyridine rings is 1. The van der Waals surface area contributed by atoms with Crippen LogP contribution in [-0.2, 0) is 11.3 Å². The van der Waals surface area contributed by atoms with Crippen molar-refractivity contribution in [2.24, 2.45) is 0 Å². The zero-order valence-corrected chi connectivity index (χ0v) is 17.3. The van der Waals surface area contributed by atoms with E-state index in [0.717, 1.165) is 5.56 Å². The minimum absolute atomic E-state index is 0.0699. The van der Waals surface area contributed by atoms with Crippen LogP contribution in [-0.4, -0.2) is 24.1 Å². The number of amides is 1. The molecule has 0 aliphatic heterocycles. The number of hydrogen-bond acceptors (Lipinski definition) is 5. The SMILES string of the molecule is CCOc1ccccc1OCCCC(=O)NCc1ccnc(Oc2ccc(F)cc2)c1. The molecule has 0 bridgehead atoms. The predicted molar refractivity (Wildman–Crippen MR) is 115 cm³/mol. The van der Waals surface area contributed by atoms with Crippen LogP contribution < -0.4 is 19.5 Å². The number of rotatable bonds is 11. The lowest BCUT2D eigenvalue weighted by molar-refractivity contribution is -0.121. The fraction of sp³-hybridized carbons (Fsp3) is 0.250. The summed E-state index contributed by atoms with van der Waals surface area (Å²) in [4.78, 5) is 16.3. The van der Waals surface area contributed by atoms with E-state index in [4.69, 9.17) is 14.2 Å². The summed E-state index contributed by atoms with van der Waals surface area (Å²) in [6.07, 6.45) is 2.53. The fourth-order valence-electron chi connectivity index (χ4n) is 2.79. The summed E-state index contributed by atoms with van der Waals surface area (Å²) >= 11 is 0. The Hall–Kier alpha value is -3.61. The molecule has 0 fully saturated rings. The van der Waals surface area contributed by atoms with Crippen LogP contribution in [0.4, 0.5) is 4.39 Å². The van der Waals surface area contributed by atoms with Crippen LogP contribution in [0.3, 0.4) is 0 Å². The van der Waals surface area contributed by atoms with Crippen LogP contribution in [0.5, 0.6) is 23.1 Å². The number of para-hydroxylation sites is 2. The molecule has 0 saturated heterocycles. The topological polar surface area (TPSA) is 69.7 Å². The summed E-state index contributed by atoms with van der Waals surface area (Å²) in [5.74, 6) is 1.84. The van der Waals surface area contributed by atoms with E-state index in [9.17, 15) is 9.18 Å². The highest BCUT2D eigenvalue weighted by atomic mass is 19.1. The molecule has 3 rings (SSSR count). The minimum atomic E-state index is -0.333. The molecular weight excluding hydrogens is 399 g/mol. The van der Waals surface area contributed by atoms with Gasteiger partial charge in [0.2, 0.25) is 11.8 Å². The second-order valence-corrected chi connectivity index (χ2v) is 6.67. The number of ether oxygens (including phenoxy) is 3. The van der Waals surface area contributed by atoms with Gasteiger partial charge < -0.3 is 19.5 Å². The van der Waals surface area contributed by atoms with Gasteiger partial charge in [0.15, 0.2) is 11.5 Å². The smallest absolute Gasteiger partial charge is 0.220 e. The maximum atomic E-state index is 13.0. The van der Waals surface area contributed by atoms with E-state index in [2.05, 4.69) is 10.3 Å². The Balaban J connectivity index is 1.40. The molecule has 0 saturated carbocycles. The molecule has 0 aliphatic rings. The highest BCUT2D eigenvalue weighted by Crippen LogP contribution is 2.26. The lowest BCUT2D eigenvalue weighted by atomic mass is 10.2. The summed E-state index contributed by atoms with van der Waals surface area (Å²) < 4.78 is 29.8. The molecule has 0 radical (unpaired) electrons. The first-order valence-corrected chi connectivity index (χ1v) is 10.1. The average Bonchev–Trinajstić information content (AvgIpc) is 2.78. The Kier molecular flexibility index (Phi) is 8.22.